The lowest BCUT2D eigenvalue weighted by molar-refractivity contribution is 0.765. The predicted molar refractivity (Wildman–Crippen MR) is 99.5 cm³/mol. The zero-order valence-corrected chi connectivity index (χ0v) is 15.2. The van der Waals surface area contributed by atoms with Crippen molar-refractivity contribution in [2.45, 2.75) is 19.9 Å². The van der Waals surface area contributed by atoms with Crippen LogP contribution in [0.5, 0.6) is 0 Å². The molecule has 4 aromatic rings. The Balaban J connectivity index is 1.84. The molecule has 0 aliphatic rings. The van der Waals surface area contributed by atoms with Gasteiger partial charge in [-0.25, -0.2) is 9.97 Å². The second-order valence-electron chi connectivity index (χ2n) is 6.36. The number of aryl methyl sites for hydroxylation is 3. The molecule has 1 N–H and O–H groups in total. The van der Waals surface area contributed by atoms with E-state index in [-0.39, 0.29) is 6.04 Å². The molecule has 0 aliphatic carbocycles. The Labute approximate surface area is 150 Å². The normalized spacial score (nSPS) is 12.5. The minimum atomic E-state index is 0.0446. The average molecular weight is 348 g/mol. The number of hydrogen-bond acceptors (Lipinski definition) is 6. The lowest BCUT2D eigenvalue weighted by atomic mass is 10.2. The predicted octanol–water partition coefficient (Wildman–Crippen LogP) is 2.64. The molecule has 0 fully saturated rings. The van der Waals surface area contributed by atoms with Gasteiger partial charge in [0.1, 0.15) is 5.82 Å². The topological polar surface area (TPSA) is 86.3 Å². The van der Waals surface area contributed by atoms with E-state index in [2.05, 4.69) is 27.4 Å². The lowest BCUT2D eigenvalue weighted by Crippen LogP contribution is -2.09. The summed E-state index contributed by atoms with van der Waals surface area (Å²) in [6.45, 7) is 4.05. The van der Waals surface area contributed by atoms with E-state index in [1.54, 1.807) is 21.8 Å². The first-order valence-corrected chi connectivity index (χ1v) is 8.39. The average Bonchev–Trinajstić information content (AvgIpc) is 3.19. The SMILES string of the molecule is Cc1nn(C)c2nc(-c3cccnc3)nc(N[C@H](C)c3cnn(C)c3)c12. The molecule has 26 heavy (non-hydrogen) atoms. The highest BCUT2D eigenvalue weighted by Crippen LogP contribution is 2.29. The lowest BCUT2D eigenvalue weighted by Gasteiger charge is -2.15. The summed E-state index contributed by atoms with van der Waals surface area (Å²) in [6, 6.07) is 3.87. The molecular formula is C18H20N8. The fourth-order valence-corrected chi connectivity index (χ4v) is 3.02. The molecule has 0 bridgehead atoms. The fraction of sp³-hybridized carbons (Fsp3) is 0.278. The van der Waals surface area contributed by atoms with Crippen molar-refractivity contribution in [2.24, 2.45) is 14.1 Å². The first kappa shape index (κ1) is 16.2. The van der Waals surface area contributed by atoms with Crippen LogP contribution >= 0.6 is 0 Å². The molecule has 0 aromatic carbocycles. The second-order valence-corrected chi connectivity index (χ2v) is 6.36. The van der Waals surface area contributed by atoms with Crippen molar-refractivity contribution >= 4 is 16.9 Å². The van der Waals surface area contributed by atoms with Crippen LogP contribution in [0.1, 0.15) is 24.2 Å². The zero-order valence-electron chi connectivity index (χ0n) is 15.2. The van der Waals surface area contributed by atoms with Gasteiger partial charge in [0, 0.05) is 43.8 Å². The van der Waals surface area contributed by atoms with Gasteiger partial charge in [-0.05, 0) is 26.0 Å². The minimum Gasteiger partial charge on any atom is -0.363 e. The maximum Gasteiger partial charge on any atom is 0.165 e. The standard InChI is InChI=1S/C18H20N8/c1-11(14-9-20-25(3)10-14)21-17-15-12(2)24-26(4)18(15)23-16(22-17)13-6-5-7-19-8-13/h5-11H,1-4H3,(H,21,22,23)/t11-/m1/s1. The van der Waals surface area contributed by atoms with Crippen LogP contribution < -0.4 is 5.32 Å². The Morgan fingerprint density at radius 2 is 2.00 bits per heavy atom. The highest BCUT2D eigenvalue weighted by atomic mass is 15.3. The Hall–Kier alpha value is -3.29. The van der Waals surface area contributed by atoms with Crippen molar-refractivity contribution in [3.05, 3.63) is 48.2 Å². The van der Waals surface area contributed by atoms with Crippen LogP contribution in [-0.4, -0.2) is 34.5 Å². The quantitative estimate of drug-likeness (QED) is 0.610. The van der Waals surface area contributed by atoms with Gasteiger partial charge in [-0.15, -0.1) is 0 Å². The van der Waals surface area contributed by atoms with Crippen molar-refractivity contribution < 1.29 is 0 Å². The maximum absolute atomic E-state index is 4.77. The van der Waals surface area contributed by atoms with Crippen LogP contribution in [0.3, 0.4) is 0 Å². The molecule has 0 unspecified atom stereocenters. The van der Waals surface area contributed by atoms with Crippen molar-refractivity contribution in [1.29, 1.82) is 0 Å². The Morgan fingerprint density at radius 1 is 1.15 bits per heavy atom. The molecule has 8 heteroatoms. The van der Waals surface area contributed by atoms with E-state index in [0.717, 1.165) is 33.7 Å². The maximum atomic E-state index is 4.77. The molecule has 4 heterocycles. The van der Waals surface area contributed by atoms with Gasteiger partial charge in [0.2, 0.25) is 0 Å². The van der Waals surface area contributed by atoms with Crippen molar-refractivity contribution in [2.75, 3.05) is 5.32 Å². The van der Waals surface area contributed by atoms with E-state index in [9.17, 15) is 0 Å². The van der Waals surface area contributed by atoms with Crippen LogP contribution in [0.15, 0.2) is 36.9 Å². The second kappa shape index (κ2) is 6.21. The molecule has 1 atom stereocenters. The highest BCUT2D eigenvalue weighted by molar-refractivity contribution is 5.91. The summed E-state index contributed by atoms with van der Waals surface area (Å²) < 4.78 is 3.58. The van der Waals surface area contributed by atoms with Crippen molar-refractivity contribution in [1.82, 2.24) is 34.5 Å². The summed E-state index contributed by atoms with van der Waals surface area (Å²) in [7, 11) is 3.80. The number of pyridine rings is 1. The Bertz CT molecular complexity index is 1060. The van der Waals surface area contributed by atoms with Gasteiger partial charge >= 0.3 is 0 Å². The van der Waals surface area contributed by atoms with E-state index in [4.69, 9.17) is 9.97 Å². The molecule has 0 radical (unpaired) electrons. The Morgan fingerprint density at radius 3 is 2.69 bits per heavy atom. The third-order valence-corrected chi connectivity index (χ3v) is 4.36. The van der Waals surface area contributed by atoms with Gasteiger partial charge < -0.3 is 5.32 Å². The van der Waals surface area contributed by atoms with Gasteiger partial charge in [0.05, 0.1) is 23.3 Å². The zero-order chi connectivity index (χ0) is 18.3. The van der Waals surface area contributed by atoms with E-state index < -0.39 is 0 Å². The number of rotatable bonds is 4. The molecule has 4 aromatic heterocycles. The monoisotopic (exact) mass is 348 g/mol. The van der Waals surface area contributed by atoms with Gasteiger partial charge in [-0.3, -0.25) is 14.3 Å². The molecule has 8 nitrogen and oxygen atoms in total. The molecule has 0 saturated carbocycles. The summed E-state index contributed by atoms with van der Waals surface area (Å²) in [5.74, 6) is 1.38. The largest absolute Gasteiger partial charge is 0.363 e. The van der Waals surface area contributed by atoms with Gasteiger partial charge in [-0.2, -0.15) is 10.2 Å². The van der Waals surface area contributed by atoms with Crippen LogP contribution in [-0.2, 0) is 14.1 Å². The van der Waals surface area contributed by atoms with Gasteiger partial charge in [0.25, 0.3) is 0 Å². The van der Waals surface area contributed by atoms with Crippen LogP contribution in [0.2, 0.25) is 0 Å². The minimum absolute atomic E-state index is 0.0446. The first-order valence-electron chi connectivity index (χ1n) is 8.39. The number of nitrogens with zero attached hydrogens (tertiary/aromatic N) is 7. The number of fused-ring (bicyclic) bond motifs is 1. The first-order chi connectivity index (χ1) is 12.5. The highest BCUT2D eigenvalue weighted by Gasteiger charge is 2.18. The van der Waals surface area contributed by atoms with E-state index in [1.165, 1.54) is 0 Å². The van der Waals surface area contributed by atoms with Crippen LogP contribution in [0.4, 0.5) is 5.82 Å². The third kappa shape index (κ3) is 2.79. The molecule has 0 saturated heterocycles. The summed E-state index contributed by atoms with van der Waals surface area (Å²) in [6.07, 6.45) is 7.35. The molecule has 4 rings (SSSR count). The van der Waals surface area contributed by atoms with E-state index >= 15 is 0 Å². The Kier molecular flexibility index (Phi) is 3.87. The van der Waals surface area contributed by atoms with Gasteiger partial charge in [0.15, 0.2) is 11.5 Å². The number of hydrogen-bond donors (Lipinski definition) is 1. The van der Waals surface area contributed by atoms with Gasteiger partial charge in [-0.1, -0.05) is 0 Å². The number of anilines is 1. The smallest absolute Gasteiger partial charge is 0.165 e. The fourth-order valence-electron chi connectivity index (χ4n) is 3.02. The van der Waals surface area contributed by atoms with Crippen LogP contribution in [0.25, 0.3) is 22.4 Å². The summed E-state index contributed by atoms with van der Waals surface area (Å²) in [5, 5.41) is 13.2. The molecule has 132 valence electrons. The molecule has 0 amide bonds. The summed E-state index contributed by atoms with van der Waals surface area (Å²) in [5.41, 5.74) is 3.63. The molecule has 0 aliphatic heterocycles. The van der Waals surface area contributed by atoms with Crippen molar-refractivity contribution in [3.8, 4) is 11.4 Å². The number of nitrogens with one attached hydrogen (secondary N) is 1. The van der Waals surface area contributed by atoms with Crippen molar-refractivity contribution in [3.63, 3.8) is 0 Å². The summed E-state index contributed by atoms with van der Waals surface area (Å²) >= 11 is 0. The van der Waals surface area contributed by atoms with Crippen LogP contribution in [0, 0.1) is 6.92 Å². The summed E-state index contributed by atoms with van der Waals surface area (Å²) in [4.78, 5) is 13.7. The van der Waals surface area contributed by atoms with E-state index in [0.29, 0.717) is 5.82 Å². The third-order valence-electron chi connectivity index (χ3n) is 4.36. The number of aromatic nitrogens is 7. The van der Waals surface area contributed by atoms with E-state index in [1.807, 2.05) is 45.5 Å². The molecular weight excluding hydrogens is 328 g/mol. The molecule has 0 spiro atoms.